The molecule has 3 aromatic rings. The van der Waals surface area contributed by atoms with Crippen LogP contribution in [0.5, 0.6) is 11.5 Å². The van der Waals surface area contributed by atoms with E-state index in [1.807, 2.05) is 0 Å². The van der Waals surface area contributed by atoms with Crippen molar-refractivity contribution in [2.45, 2.75) is 0 Å². The highest BCUT2D eigenvalue weighted by Gasteiger charge is 2.20. The number of esters is 1. The second-order valence-electron chi connectivity index (χ2n) is 5.11. The van der Waals surface area contributed by atoms with Gasteiger partial charge in [0.2, 0.25) is 5.69 Å². The monoisotopic (exact) mass is 390 g/mol. The quantitative estimate of drug-likeness (QED) is 0.626. The Labute approximate surface area is 158 Å². The summed E-state index contributed by atoms with van der Waals surface area (Å²) in [6.07, 6.45) is 0. The summed E-state index contributed by atoms with van der Waals surface area (Å²) in [6.45, 7) is 0. The van der Waals surface area contributed by atoms with Gasteiger partial charge >= 0.3 is 5.97 Å². The molecule has 0 aliphatic heterocycles. The first-order valence-electron chi connectivity index (χ1n) is 7.40. The molecule has 0 radical (unpaired) electrons. The number of para-hydroxylation sites is 1. The van der Waals surface area contributed by atoms with Crippen molar-refractivity contribution in [1.82, 2.24) is 9.78 Å². The highest BCUT2D eigenvalue weighted by atomic mass is 35.5. The minimum atomic E-state index is -0.755. The predicted octanol–water partition coefficient (Wildman–Crippen LogP) is 4.12. The summed E-state index contributed by atoms with van der Waals surface area (Å²) in [6, 6.07) is 14.2. The van der Waals surface area contributed by atoms with Gasteiger partial charge in [0.25, 0.3) is 5.56 Å². The Balaban J connectivity index is 2.12. The zero-order valence-corrected chi connectivity index (χ0v) is 15.0. The molecule has 0 spiro atoms. The van der Waals surface area contributed by atoms with Crippen LogP contribution in [0.4, 0.5) is 0 Å². The van der Waals surface area contributed by atoms with Gasteiger partial charge in [0, 0.05) is 5.02 Å². The molecule has 0 amide bonds. The van der Waals surface area contributed by atoms with Gasteiger partial charge in [-0.2, -0.15) is 9.78 Å². The van der Waals surface area contributed by atoms with Gasteiger partial charge in [-0.3, -0.25) is 4.79 Å². The summed E-state index contributed by atoms with van der Waals surface area (Å²) >= 11 is 11.9. The molecular formula is C18H12Cl2N2O4. The number of hydrogen-bond donors (Lipinski definition) is 0. The molecule has 0 unspecified atom stereocenters. The first-order chi connectivity index (χ1) is 12.5. The number of carbonyl (C=O) groups is 1. The summed E-state index contributed by atoms with van der Waals surface area (Å²) in [5.74, 6) is -0.528. The third kappa shape index (κ3) is 3.71. The number of ether oxygens (including phenoxy) is 2. The van der Waals surface area contributed by atoms with E-state index in [0.29, 0.717) is 15.7 Å². The Hall–Kier alpha value is -2.83. The molecule has 1 heterocycles. The number of benzene rings is 2. The molecule has 0 aliphatic rings. The largest absolute Gasteiger partial charge is 0.464 e. The Morgan fingerprint density at radius 3 is 2.38 bits per heavy atom. The lowest BCUT2D eigenvalue weighted by molar-refractivity contribution is 0.0588. The summed E-state index contributed by atoms with van der Waals surface area (Å²) in [7, 11) is 1.21. The summed E-state index contributed by atoms with van der Waals surface area (Å²) in [4.78, 5) is 24.6. The molecule has 0 fully saturated rings. The fourth-order valence-corrected chi connectivity index (χ4v) is 2.47. The molecule has 132 valence electrons. The smallest absolute Gasteiger partial charge is 0.362 e. The number of rotatable bonds is 4. The van der Waals surface area contributed by atoms with E-state index in [4.69, 9.17) is 32.7 Å². The van der Waals surface area contributed by atoms with Crippen LogP contribution in [-0.2, 0) is 4.74 Å². The van der Waals surface area contributed by atoms with Gasteiger partial charge in [-0.15, -0.1) is 0 Å². The fraction of sp³-hybridized carbons (Fsp3) is 0.0556. The number of aromatic nitrogens is 2. The van der Waals surface area contributed by atoms with Crippen LogP contribution in [0.15, 0.2) is 59.4 Å². The Kier molecular flexibility index (Phi) is 5.25. The molecular weight excluding hydrogens is 379 g/mol. The van der Waals surface area contributed by atoms with Gasteiger partial charge < -0.3 is 9.47 Å². The topological polar surface area (TPSA) is 70.4 Å². The van der Waals surface area contributed by atoms with Crippen molar-refractivity contribution < 1.29 is 14.3 Å². The lowest BCUT2D eigenvalue weighted by Crippen LogP contribution is -2.24. The molecule has 2 aromatic carbocycles. The SMILES string of the molecule is COC(=O)c1nn(-c2ccc(Cl)cc2)c(=O)cc1Oc1ccccc1Cl. The highest BCUT2D eigenvalue weighted by Crippen LogP contribution is 2.30. The van der Waals surface area contributed by atoms with Crippen molar-refractivity contribution in [2.75, 3.05) is 7.11 Å². The van der Waals surface area contributed by atoms with E-state index in [1.165, 1.54) is 7.11 Å². The van der Waals surface area contributed by atoms with Crippen LogP contribution in [0, 0.1) is 0 Å². The van der Waals surface area contributed by atoms with Crippen LogP contribution in [0.3, 0.4) is 0 Å². The van der Waals surface area contributed by atoms with Crippen LogP contribution < -0.4 is 10.3 Å². The van der Waals surface area contributed by atoms with E-state index in [9.17, 15) is 9.59 Å². The van der Waals surface area contributed by atoms with E-state index in [2.05, 4.69) is 5.10 Å². The molecule has 3 rings (SSSR count). The maximum absolute atomic E-state index is 12.5. The van der Waals surface area contributed by atoms with Crippen LogP contribution in [0.25, 0.3) is 5.69 Å². The fourth-order valence-electron chi connectivity index (χ4n) is 2.17. The van der Waals surface area contributed by atoms with Crippen molar-refractivity contribution >= 4 is 29.2 Å². The summed E-state index contributed by atoms with van der Waals surface area (Å²) < 4.78 is 11.4. The van der Waals surface area contributed by atoms with Crippen molar-refractivity contribution in [3.8, 4) is 17.2 Å². The minimum absolute atomic E-state index is 0.0554. The molecule has 0 N–H and O–H groups in total. The number of halogens is 2. The maximum atomic E-state index is 12.5. The average Bonchev–Trinajstić information content (AvgIpc) is 2.64. The molecule has 0 bridgehead atoms. The second-order valence-corrected chi connectivity index (χ2v) is 5.95. The lowest BCUT2D eigenvalue weighted by atomic mass is 10.3. The van der Waals surface area contributed by atoms with Crippen LogP contribution in [0.1, 0.15) is 10.5 Å². The number of nitrogens with zero attached hydrogens (tertiary/aromatic N) is 2. The number of hydrogen-bond acceptors (Lipinski definition) is 5. The molecule has 8 heteroatoms. The predicted molar refractivity (Wildman–Crippen MR) is 97.7 cm³/mol. The van der Waals surface area contributed by atoms with E-state index in [-0.39, 0.29) is 17.2 Å². The summed E-state index contributed by atoms with van der Waals surface area (Å²) in [5, 5.41) is 4.92. The Bertz CT molecular complexity index is 1020. The van der Waals surface area contributed by atoms with Crippen molar-refractivity contribution in [1.29, 1.82) is 0 Å². The lowest BCUT2D eigenvalue weighted by Gasteiger charge is -2.12. The van der Waals surface area contributed by atoms with E-state index in [0.717, 1.165) is 10.7 Å². The third-order valence-electron chi connectivity index (χ3n) is 3.40. The van der Waals surface area contributed by atoms with Gasteiger partial charge in [-0.1, -0.05) is 35.3 Å². The summed E-state index contributed by atoms with van der Waals surface area (Å²) in [5.41, 5.74) is -0.224. The molecule has 0 aliphatic carbocycles. The normalized spacial score (nSPS) is 10.4. The van der Waals surface area contributed by atoms with Crippen LogP contribution in [-0.4, -0.2) is 22.9 Å². The molecule has 0 saturated carbocycles. The van der Waals surface area contributed by atoms with Crippen molar-refractivity contribution in [3.63, 3.8) is 0 Å². The highest BCUT2D eigenvalue weighted by molar-refractivity contribution is 6.32. The van der Waals surface area contributed by atoms with E-state index >= 15 is 0 Å². The van der Waals surface area contributed by atoms with Crippen LogP contribution in [0.2, 0.25) is 10.0 Å². The minimum Gasteiger partial charge on any atom is -0.464 e. The maximum Gasteiger partial charge on any atom is 0.362 e. The number of carbonyl (C=O) groups excluding carboxylic acids is 1. The van der Waals surface area contributed by atoms with E-state index in [1.54, 1.807) is 48.5 Å². The Morgan fingerprint density at radius 1 is 1.04 bits per heavy atom. The standard InChI is InChI=1S/C18H12Cl2N2O4/c1-25-18(24)17-15(26-14-5-3-2-4-13(14)20)10-16(23)22(21-17)12-8-6-11(19)7-9-12/h2-10H,1H3. The van der Waals surface area contributed by atoms with Crippen molar-refractivity contribution in [2.24, 2.45) is 0 Å². The van der Waals surface area contributed by atoms with E-state index < -0.39 is 11.5 Å². The molecule has 6 nitrogen and oxygen atoms in total. The van der Waals surface area contributed by atoms with Gasteiger partial charge in [0.15, 0.2) is 5.75 Å². The van der Waals surface area contributed by atoms with Crippen molar-refractivity contribution in [3.05, 3.63) is 80.7 Å². The number of methoxy groups -OCH3 is 1. The zero-order chi connectivity index (χ0) is 18.7. The second kappa shape index (κ2) is 7.59. The van der Waals surface area contributed by atoms with Crippen LogP contribution >= 0.6 is 23.2 Å². The third-order valence-corrected chi connectivity index (χ3v) is 3.97. The Morgan fingerprint density at radius 2 is 1.73 bits per heavy atom. The molecule has 1 aromatic heterocycles. The molecule has 26 heavy (non-hydrogen) atoms. The molecule has 0 saturated heterocycles. The van der Waals surface area contributed by atoms with Gasteiger partial charge in [0.1, 0.15) is 5.75 Å². The first-order valence-corrected chi connectivity index (χ1v) is 8.16. The van der Waals surface area contributed by atoms with Gasteiger partial charge in [-0.05, 0) is 36.4 Å². The first kappa shape index (κ1) is 18.0. The average molecular weight is 391 g/mol. The van der Waals surface area contributed by atoms with Gasteiger partial charge in [0.05, 0.1) is 23.9 Å². The van der Waals surface area contributed by atoms with Gasteiger partial charge in [-0.25, -0.2) is 4.79 Å². The zero-order valence-electron chi connectivity index (χ0n) is 13.5. The molecule has 0 atom stereocenters.